The third-order valence-electron chi connectivity index (χ3n) is 2.49. The van der Waals surface area contributed by atoms with Crippen LogP contribution in [0.1, 0.15) is 13.8 Å². The van der Waals surface area contributed by atoms with Crippen molar-refractivity contribution in [2.24, 2.45) is 0 Å². The molecule has 0 aliphatic carbocycles. The van der Waals surface area contributed by atoms with Crippen LogP contribution in [-0.2, 0) is 4.79 Å². The van der Waals surface area contributed by atoms with Crippen LogP contribution in [0.25, 0.3) is 11.5 Å². The highest BCUT2D eigenvalue weighted by Crippen LogP contribution is 2.20. The van der Waals surface area contributed by atoms with Crippen molar-refractivity contribution in [3.05, 3.63) is 30.7 Å². The van der Waals surface area contributed by atoms with Gasteiger partial charge in [0.2, 0.25) is 12.3 Å². The lowest BCUT2D eigenvalue weighted by Gasteiger charge is -2.13. The third-order valence-corrected chi connectivity index (χ3v) is 2.49. The van der Waals surface area contributed by atoms with Gasteiger partial charge in [-0.25, -0.2) is 0 Å². The number of aromatic nitrogens is 2. The molecular weight excluding hydrogens is 246 g/mol. The summed E-state index contributed by atoms with van der Waals surface area (Å²) < 4.78 is 10.6. The number of hydrogen-bond acceptors (Lipinski definition) is 5. The lowest BCUT2D eigenvalue weighted by atomic mass is 10.2. The number of carbonyl (C=O) groups is 1. The average molecular weight is 261 g/mol. The highest BCUT2D eigenvalue weighted by molar-refractivity contribution is 5.80. The zero-order valence-corrected chi connectivity index (χ0v) is 10.8. The van der Waals surface area contributed by atoms with Crippen molar-refractivity contribution in [1.82, 2.24) is 15.5 Å². The topological polar surface area (TPSA) is 77.2 Å². The monoisotopic (exact) mass is 261 g/mol. The average Bonchev–Trinajstić information content (AvgIpc) is 2.94. The number of nitrogens with zero attached hydrogens (tertiary/aromatic N) is 2. The zero-order chi connectivity index (χ0) is 13.7. The highest BCUT2D eigenvalue weighted by atomic mass is 16.5. The summed E-state index contributed by atoms with van der Waals surface area (Å²) in [6, 6.07) is 7.12. The Labute approximate surface area is 110 Å². The van der Waals surface area contributed by atoms with E-state index in [2.05, 4.69) is 15.5 Å². The van der Waals surface area contributed by atoms with Gasteiger partial charge in [0.25, 0.3) is 5.91 Å². The molecule has 19 heavy (non-hydrogen) atoms. The van der Waals surface area contributed by atoms with Gasteiger partial charge in [-0.1, -0.05) is 0 Å². The fourth-order valence-corrected chi connectivity index (χ4v) is 1.55. The quantitative estimate of drug-likeness (QED) is 0.885. The van der Waals surface area contributed by atoms with Gasteiger partial charge < -0.3 is 14.5 Å². The summed E-state index contributed by atoms with van der Waals surface area (Å²) in [6.07, 6.45) is 0.742. The van der Waals surface area contributed by atoms with Crippen LogP contribution in [0, 0.1) is 0 Å². The van der Waals surface area contributed by atoms with Gasteiger partial charge in [-0.3, -0.25) is 4.79 Å². The number of rotatable bonds is 5. The second-order valence-electron chi connectivity index (χ2n) is 3.92. The van der Waals surface area contributed by atoms with Gasteiger partial charge in [0, 0.05) is 12.1 Å². The van der Waals surface area contributed by atoms with Gasteiger partial charge in [0.05, 0.1) is 0 Å². The minimum atomic E-state index is -0.533. The number of likely N-dealkylation sites (N-methyl/N-ethyl adjacent to an activating group) is 1. The van der Waals surface area contributed by atoms with Gasteiger partial charge in [-0.15, -0.1) is 10.2 Å². The minimum Gasteiger partial charge on any atom is -0.481 e. The Bertz CT molecular complexity index is 523. The number of benzene rings is 1. The summed E-state index contributed by atoms with van der Waals surface area (Å²) >= 11 is 0. The highest BCUT2D eigenvalue weighted by Gasteiger charge is 2.13. The number of nitrogens with one attached hydrogen (secondary N) is 1. The van der Waals surface area contributed by atoms with Crippen LogP contribution in [-0.4, -0.2) is 28.8 Å². The molecule has 1 heterocycles. The molecule has 1 amide bonds. The first-order chi connectivity index (χ1) is 9.20. The Balaban J connectivity index is 2.01. The van der Waals surface area contributed by atoms with Gasteiger partial charge in [0.15, 0.2) is 6.10 Å². The van der Waals surface area contributed by atoms with Crippen molar-refractivity contribution >= 4 is 5.91 Å². The number of amides is 1. The molecule has 2 rings (SSSR count). The fraction of sp³-hybridized carbons (Fsp3) is 0.308. The summed E-state index contributed by atoms with van der Waals surface area (Å²) in [7, 11) is 0. The first-order valence-corrected chi connectivity index (χ1v) is 6.01. The molecule has 100 valence electrons. The first kappa shape index (κ1) is 13.1. The summed E-state index contributed by atoms with van der Waals surface area (Å²) in [4.78, 5) is 11.5. The maximum absolute atomic E-state index is 11.5. The molecule has 1 N–H and O–H groups in total. The summed E-state index contributed by atoms with van der Waals surface area (Å²) in [6.45, 7) is 4.16. The molecule has 6 heteroatoms. The number of ether oxygens (including phenoxy) is 1. The Morgan fingerprint density at radius 2 is 2.16 bits per heavy atom. The number of carbonyl (C=O) groups excluding carboxylic acids is 1. The van der Waals surface area contributed by atoms with Crippen LogP contribution >= 0.6 is 0 Å². The minimum absolute atomic E-state index is 0.136. The molecule has 1 atom stereocenters. The Hall–Kier alpha value is -2.37. The maximum atomic E-state index is 11.5. The zero-order valence-electron chi connectivity index (χ0n) is 10.8. The second kappa shape index (κ2) is 5.99. The molecule has 0 fully saturated rings. The molecule has 6 nitrogen and oxygen atoms in total. The largest absolute Gasteiger partial charge is 0.481 e. The Morgan fingerprint density at radius 3 is 2.74 bits per heavy atom. The van der Waals surface area contributed by atoms with Crippen molar-refractivity contribution in [2.45, 2.75) is 20.0 Å². The van der Waals surface area contributed by atoms with E-state index in [0.717, 1.165) is 5.56 Å². The van der Waals surface area contributed by atoms with E-state index in [1.165, 1.54) is 6.39 Å². The van der Waals surface area contributed by atoms with Crippen LogP contribution in [0.4, 0.5) is 0 Å². The van der Waals surface area contributed by atoms with E-state index in [1.807, 2.05) is 6.92 Å². The van der Waals surface area contributed by atoms with Crippen molar-refractivity contribution in [2.75, 3.05) is 6.54 Å². The second-order valence-corrected chi connectivity index (χ2v) is 3.92. The summed E-state index contributed by atoms with van der Waals surface area (Å²) in [5.41, 5.74) is 0.801. The molecule has 0 radical (unpaired) electrons. The molecule has 0 aliphatic rings. The molecule has 0 saturated heterocycles. The van der Waals surface area contributed by atoms with Gasteiger partial charge in [-0.2, -0.15) is 0 Å². The maximum Gasteiger partial charge on any atom is 0.260 e. The Kier molecular flexibility index (Phi) is 4.12. The van der Waals surface area contributed by atoms with Crippen LogP contribution in [0.3, 0.4) is 0 Å². The van der Waals surface area contributed by atoms with Crippen molar-refractivity contribution in [1.29, 1.82) is 0 Å². The molecule has 0 saturated carbocycles. The molecular formula is C13H15N3O3. The molecule has 0 bridgehead atoms. The van der Waals surface area contributed by atoms with E-state index >= 15 is 0 Å². The van der Waals surface area contributed by atoms with Gasteiger partial charge in [-0.05, 0) is 38.1 Å². The molecule has 0 unspecified atom stereocenters. The fourth-order valence-electron chi connectivity index (χ4n) is 1.55. The lowest BCUT2D eigenvalue weighted by Crippen LogP contribution is -2.36. The Morgan fingerprint density at radius 1 is 1.42 bits per heavy atom. The van der Waals surface area contributed by atoms with Crippen LogP contribution < -0.4 is 10.1 Å². The van der Waals surface area contributed by atoms with E-state index in [0.29, 0.717) is 18.2 Å². The molecule has 0 aliphatic heterocycles. The van der Waals surface area contributed by atoms with Gasteiger partial charge >= 0.3 is 0 Å². The SMILES string of the molecule is CCNC(=O)[C@@H](C)Oc1ccc(-c2nnco2)cc1. The predicted molar refractivity (Wildman–Crippen MR) is 68.5 cm³/mol. The molecule has 0 spiro atoms. The third kappa shape index (κ3) is 3.31. The van der Waals surface area contributed by atoms with E-state index in [1.54, 1.807) is 31.2 Å². The van der Waals surface area contributed by atoms with E-state index in [-0.39, 0.29) is 5.91 Å². The van der Waals surface area contributed by atoms with Crippen molar-refractivity contribution in [3.8, 4) is 17.2 Å². The van der Waals surface area contributed by atoms with Crippen molar-refractivity contribution in [3.63, 3.8) is 0 Å². The molecule has 2 aromatic rings. The van der Waals surface area contributed by atoms with Crippen LogP contribution in [0.15, 0.2) is 35.1 Å². The van der Waals surface area contributed by atoms with E-state index in [4.69, 9.17) is 9.15 Å². The van der Waals surface area contributed by atoms with Crippen molar-refractivity contribution < 1.29 is 13.9 Å². The standard InChI is InChI=1S/C13H15N3O3/c1-3-14-12(17)9(2)19-11-6-4-10(5-7-11)13-16-15-8-18-13/h4-9H,3H2,1-2H3,(H,14,17)/t9-/m1/s1. The van der Waals surface area contributed by atoms with Crippen LogP contribution in [0.5, 0.6) is 5.75 Å². The summed E-state index contributed by atoms with van der Waals surface area (Å²) in [5.74, 6) is 0.925. The first-order valence-electron chi connectivity index (χ1n) is 6.01. The summed E-state index contributed by atoms with van der Waals surface area (Å²) in [5, 5.41) is 10.1. The molecule has 1 aromatic carbocycles. The number of hydrogen-bond donors (Lipinski definition) is 1. The lowest BCUT2D eigenvalue weighted by molar-refractivity contribution is -0.127. The smallest absolute Gasteiger partial charge is 0.260 e. The van der Waals surface area contributed by atoms with Crippen LogP contribution in [0.2, 0.25) is 0 Å². The predicted octanol–water partition coefficient (Wildman–Crippen LogP) is 1.64. The van der Waals surface area contributed by atoms with Gasteiger partial charge in [0.1, 0.15) is 5.75 Å². The van der Waals surface area contributed by atoms with E-state index in [9.17, 15) is 4.79 Å². The van der Waals surface area contributed by atoms with E-state index < -0.39 is 6.10 Å². The normalized spacial score (nSPS) is 11.9. The molecule has 1 aromatic heterocycles.